The molecule has 0 saturated carbocycles. The Morgan fingerprint density at radius 1 is 0.833 bits per heavy atom. The van der Waals surface area contributed by atoms with Crippen molar-refractivity contribution in [3.05, 3.63) is 0 Å². The fraction of sp³-hybridized carbons (Fsp3) is 1.00. The van der Waals surface area contributed by atoms with E-state index in [9.17, 15) is 0 Å². The maximum atomic E-state index is 2.64. The van der Waals surface area contributed by atoms with E-state index in [4.69, 9.17) is 0 Å². The van der Waals surface area contributed by atoms with Crippen LogP contribution in [0.4, 0.5) is 0 Å². The number of rotatable bonds is 6. The predicted molar refractivity (Wildman–Crippen MR) is 86.3 cm³/mol. The van der Waals surface area contributed by atoms with Crippen LogP contribution in [0, 0.1) is 5.92 Å². The Hall–Kier alpha value is -0.0400. The molecule has 0 unspecified atom stereocenters. The number of hydrogen-bond donors (Lipinski definition) is 0. The summed E-state index contributed by atoms with van der Waals surface area (Å²) in [6, 6.07) is 0. The van der Waals surface area contributed by atoms with Crippen molar-refractivity contribution in [2.75, 3.05) is 19.6 Å². The van der Waals surface area contributed by atoms with Crippen molar-refractivity contribution >= 4 is 0 Å². The Kier molecular flexibility index (Phi) is 19.1. The maximum Gasteiger partial charge on any atom is -0.00161 e. The van der Waals surface area contributed by atoms with Gasteiger partial charge in [0.1, 0.15) is 0 Å². The van der Waals surface area contributed by atoms with Gasteiger partial charge in [-0.1, -0.05) is 67.2 Å². The van der Waals surface area contributed by atoms with Crippen LogP contribution in [0.15, 0.2) is 0 Å². The highest BCUT2D eigenvalue weighted by atomic mass is 15.1. The summed E-state index contributed by atoms with van der Waals surface area (Å²) in [5.74, 6) is 1.05. The second-order valence-corrected chi connectivity index (χ2v) is 4.78. The van der Waals surface area contributed by atoms with Crippen LogP contribution in [0.1, 0.15) is 86.5 Å². The summed E-state index contributed by atoms with van der Waals surface area (Å²) in [6.07, 6.45) is 10.0. The fourth-order valence-corrected chi connectivity index (χ4v) is 2.50. The minimum Gasteiger partial charge on any atom is -0.303 e. The Morgan fingerprint density at radius 2 is 1.39 bits per heavy atom. The van der Waals surface area contributed by atoms with E-state index in [1.165, 1.54) is 64.6 Å². The molecule has 1 nitrogen and oxygen atoms in total. The summed E-state index contributed by atoms with van der Waals surface area (Å²) in [7, 11) is 0. The second-order valence-electron chi connectivity index (χ2n) is 4.78. The summed E-state index contributed by atoms with van der Waals surface area (Å²) in [5, 5.41) is 0. The third-order valence-electron chi connectivity index (χ3n) is 3.46. The quantitative estimate of drug-likeness (QED) is 0.548. The molecule has 1 heteroatoms. The molecule has 1 saturated heterocycles. The van der Waals surface area contributed by atoms with Gasteiger partial charge in [0, 0.05) is 0 Å². The van der Waals surface area contributed by atoms with Gasteiger partial charge in [-0.25, -0.2) is 0 Å². The Labute approximate surface area is 117 Å². The van der Waals surface area contributed by atoms with Gasteiger partial charge in [-0.2, -0.15) is 0 Å². The topological polar surface area (TPSA) is 3.24 Å². The molecule has 112 valence electrons. The van der Waals surface area contributed by atoms with Gasteiger partial charge in [0.15, 0.2) is 0 Å². The molecule has 0 spiro atoms. The molecule has 0 amide bonds. The third kappa shape index (κ3) is 11.1. The van der Waals surface area contributed by atoms with Crippen LogP contribution in [0.3, 0.4) is 0 Å². The molecule has 0 aliphatic carbocycles. The van der Waals surface area contributed by atoms with E-state index in [1.54, 1.807) is 0 Å². The molecule has 0 N–H and O–H groups in total. The van der Waals surface area contributed by atoms with E-state index in [1.807, 2.05) is 27.7 Å². The van der Waals surface area contributed by atoms with Crippen molar-refractivity contribution in [2.45, 2.75) is 86.5 Å². The van der Waals surface area contributed by atoms with Crippen LogP contribution >= 0.6 is 0 Å². The molecule has 1 fully saturated rings. The van der Waals surface area contributed by atoms with E-state index < -0.39 is 0 Å². The van der Waals surface area contributed by atoms with Gasteiger partial charge in [0.05, 0.1) is 0 Å². The molecule has 1 aliphatic rings. The number of unbranched alkanes of at least 4 members (excludes halogenated alkanes) is 2. The minimum atomic E-state index is 1.05. The zero-order chi connectivity index (χ0) is 14.2. The van der Waals surface area contributed by atoms with Crippen molar-refractivity contribution in [2.24, 2.45) is 5.92 Å². The molecule has 18 heavy (non-hydrogen) atoms. The molecular weight excluding hydrogens is 218 g/mol. The highest BCUT2D eigenvalue weighted by Crippen LogP contribution is 2.22. The molecule has 0 aromatic heterocycles. The van der Waals surface area contributed by atoms with Crippen LogP contribution in [-0.2, 0) is 0 Å². The first-order chi connectivity index (χ1) is 8.86. The van der Waals surface area contributed by atoms with E-state index in [-0.39, 0.29) is 0 Å². The van der Waals surface area contributed by atoms with E-state index >= 15 is 0 Å². The molecule has 0 aromatic rings. The average molecular weight is 258 g/mol. The number of nitrogens with zero attached hydrogens (tertiary/aromatic N) is 1. The normalized spacial score (nSPS) is 16.3. The highest BCUT2D eigenvalue weighted by Gasteiger charge is 2.17. The van der Waals surface area contributed by atoms with Crippen LogP contribution in [0.2, 0.25) is 0 Å². The van der Waals surface area contributed by atoms with Crippen molar-refractivity contribution in [3.8, 4) is 0 Å². The molecule has 0 bridgehead atoms. The van der Waals surface area contributed by atoms with Gasteiger partial charge in [0.25, 0.3) is 0 Å². The maximum absolute atomic E-state index is 2.64. The molecular formula is C17H39N. The number of piperidine rings is 1. The molecule has 0 aromatic carbocycles. The zero-order valence-electron chi connectivity index (χ0n) is 14.1. The monoisotopic (exact) mass is 257 g/mol. The van der Waals surface area contributed by atoms with Crippen LogP contribution in [-0.4, -0.2) is 24.5 Å². The van der Waals surface area contributed by atoms with Gasteiger partial charge < -0.3 is 4.90 Å². The van der Waals surface area contributed by atoms with Crippen molar-refractivity contribution in [1.29, 1.82) is 0 Å². The zero-order valence-corrected chi connectivity index (χ0v) is 14.1. The van der Waals surface area contributed by atoms with Crippen molar-refractivity contribution in [3.63, 3.8) is 0 Å². The second kappa shape index (κ2) is 17.0. The van der Waals surface area contributed by atoms with E-state index in [0.29, 0.717) is 0 Å². The predicted octanol–water partition coefficient (Wildman–Crippen LogP) is 5.74. The lowest BCUT2D eigenvalue weighted by Crippen LogP contribution is -2.34. The van der Waals surface area contributed by atoms with Gasteiger partial charge in [0.2, 0.25) is 0 Å². The minimum absolute atomic E-state index is 1.05. The van der Waals surface area contributed by atoms with Crippen molar-refractivity contribution < 1.29 is 0 Å². The lowest BCUT2D eigenvalue weighted by atomic mass is 9.91. The highest BCUT2D eigenvalue weighted by molar-refractivity contribution is 4.71. The fourth-order valence-electron chi connectivity index (χ4n) is 2.50. The van der Waals surface area contributed by atoms with Crippen molar-refractivity contribution in [1.82, 2.24) is 4.90 Å². The Bertz CT molecular complexity index is 126. The first kappa shape index (κ1) is 20.3. The standard InChI is InChI=1S/C13H27N.2C2H6/c1-3-5-6-7-13-8-11-14(10-4-2)12-9-13;2*1-2/h13H,3-12H2,1-2H3;2*1-2H3. The number of likely N-dealkylation sites (tertiary alicyclic amines) is 1. The van der Waals surface area contributed by atoms with Crippen LogP contribution < -0.4 is 0 Å². The summed E-state index contributed by atoms with van der Waals surface area (Å²) in [6.45, 7) is 16.6. The van der Waals surface area contributed by atoms with Crippen LogP contribution in [0.25, 0.3) is 0 Å². The average Bonchev–Trinajstić information content (AvgIpc) is 2.46. The first-order valence-electron chi connectivity index (χ1n) is 8.59. The summed E-state index contributed by atoms with van der Waals surface area (Å²) in [5.41, 5.74) is 0. The smallest absolute Gasteiger partial charge is 0.00161 e. The van der Waals surface area contributed by atoms with Gasteiger partial charge in [-0.05, 0) is 44.8 Å². The lowest BCUT2D eigenvalue weighted by Gasteiger charge is -2.31. The van der Waals surface area contributed by atoms with Gasteiger partial charge in [-0.15, -0.1) is 0 Å². The molecule has 1 rings (SSSR count). The van der Waals surface area contributed by atoms with Crippen LogP contribution in [0.5, 0.6) is 0 Å². The third-order valence-corrected chi connectivity index (χ3v) is 3.46. The molecule has 0 atom stereocenters. The summed E-state index contributed by atoms with van der Waals surface area (Å²) in [4.78, 5) is 2.64. The van der Waals surface area contributed by atoms with Gasteiger partial charge >= 0.3 is 0 Å². The number of hydrogen-bond acceptors (Lipinski definition) is 1. The largest absolute Gasteiger partial charge is 0.303 e. The Morgan fingerprint density at radius 3 is 1.83 bits per heavy atom. The molecule has 1 aliphatic heterocycles. The van der Waals surface area contributed by atoms with E-state index in [0.717, 1.165) is 5.92 Å². The molecule has 0 radical (unpaired) electrons. The van der Waals surface area contributed by atoms with E-state index in [2.05, 4.69) is 18.7 Å². The van der Waals surface area contributed by atoms with Gasteiger partial charge in [-0.3, -0.25) is 0 Å². The summed E-state index contributed by atoms with van der Waals surface area (Å²) < 4.78 is 0. The SMILES string of the molecule is CC.CC.CCCCCC1CCN(CCC)CC1. The first-order valence-corrected chi connectivity index (χ1v) is 8.59. The lowest BCUT2D eigenvalue weighted by molar-refractivity contribution is 0.177. The molecule has 1 heterocycles. The Balaban J connectivity index is 0. The summed E-state index contributed by atoms with van der Waals surface area (Å²) >= 11 is 0.